The van der Waals surface area contributed by atoms with Crippen molar-refractivity contribution < 1.29 is 14.6 Å². The summed E-state index contributed by atoms with van der Waals surface area (Å²) < 4.78 is 12.4. The quantitative estimate of drug-likeness (QED) is 0.761. The summed E-state index contributed by atoms with van der Waals surface area (Å²) in [5, 5.41) is 14.7. The molecule has 0 fully saturated rings. The molecule has 1 aromatic heterocycles. The predicted molar refractivity (Wildman–Crippen MR) is 73.4 cm³/mol. The summed E-state index contributed by atoms with van der Waals surface area (Å²) in [7, 11) is 7.18. The number of rotatable bonds is 8. The standard InChI is InChI=1S/C13H25N3O3/c1-6-10(18-4)13(17)12-11(19-5)9-14-16(12)8-7-15(2)3/h9-10,13,17H,6-8H2,1-5H3. The highest BCUT2D eigenvalue weighted by molar-refractivity contribution is 5.28. The highest BCUT2D eigenvalue weighted by Gasteiger charge is 2.26. The largest absolute Gasteiger partial charge is 0.493 e. The zero-order valence-electron chi connectivity index (χ0n) is 12.5. The second-order valence-corrected chi connectivity index (χ2v) is 4.75. The van der Waals surface area contributed by atoms with Gasteiger partial charge < -0.3 is 19.5 Å². The molecule has 2 atom stereocenters. The van der Waals surface area contributed by atoms with Crippen molar-refractivity contribution in [3.05, 3.63) is 11.9 Å². The summed E-state index contributed by atoms with van der Waals surface area (Å²) in [5.41, 5.74) is 0.679. The molecule has 0 amide bonds. The monoisotopic (exact) mass is 271 g/mol. The van der Waals surface area contributed by atoms with Crippen molar-refractivity contribution in [3.8, 4) is 5.75 Å². The minimum Gasteiger partial charge on any atom is -0.493 e. The Hall–Kier alpha value is -1.11. The van der Waals surface area contributed by atoms with Crippen molar-refractivity contribution in [1.29, 1.82) is 0 Å². The third-order valence-corrected chi connectivity index (χ3v) is 3.16. The minimum absolute atomic E-state index is 0.260. The first-order valence-electron chi connectivity index (χ1n) is 6.50. The normalized spacial score (nSPS) is 14.7. The first kappa shape index (κ1) is 15.9. The molecule has 2 unspecified atom stereocenters. The van der Waals surface area contributed by atoms with Crippen LogP contribution >= 0.6 is 0 Å². The molecule has 1 N–H and O–H groups in total. The van der Waals surface area contributed by atoms with E-state index in [1.165, 1.54) is 0 Å². The molecule has 6 heteroatoms. The maximum Gasteiger partial charge on any atom is 0.162 e. The number of hydrogen-bond donors (Lipinski definition) is 1. The van der Waals surface area contributed by atoms with Crippen LogP contribution in [-0.4, -0.2) is 60.8 Å². The second kappa shape index (κ2) is 7.47. The fraction of sp³-hybridized carbons (Fsp3) is 0.769. The molecule has 0 spiro atoms. The van der Waals surface area contributed by atoms with Crippen molar-refractivity contribution in [3.63, 3.8) is 0 Å². The highest BCUT2D eigenvalue weighted by atomic mass is 16.5. The molecule has 110 valence electrons. The number of nitrogens with zero attached hydrogens (tertiary/aromatic N) is 3. The summed E-state index contributed by atoms with van der Waals surface area (Å²) >= 11 is 0. The van der Waals surface area contributed by atoms with Crippen LogP contribution in [0.2, 0.25) is 0 Å². The fourth-order valence-electron chi connectivity index (χ4n) is 2.00. The van der Waals surface area contributed by atoms with E-state index in [1.54, 1.807) is 25.1 Å². The van der Waals surface area contributed by atoms with Crippen LogP contribution in [0, 0.1) is 0 Å². The van der Waals surface area contributed by atoms with E-state index < -0.39 is 6.10 Å². The Bertz CT molecular complexity index is 375. The van der Waals surface area contributed by atoms with Gasteiger partial charge in [-0.1, -0.05) is 6.92 Å². The van der Waals surface area contributed by atoms with Gasteiger partial charge in [0.25, 0.3) is 0 Å². The van der Waals surface area contributed by atoms with Crippen molar-refractivity contribution >= 4 is 0 Å². The molecule has 1 heterocycles. The Morgan fingerprint density at radius 1 is 1.42 bits per heavy atom. The molecule has 1 rings (SSSR count). The van der Waals surface area contributed by atoms with E-state index in [0.29, 0.717) is 18.0 Å². The van der Waals surface area contributed by atoms with E-state index in [4.69, 9.17) is 9.47 Å². The van der Waals surface area contributed by atoms with Gasteiger partial charge in [-0.3, -0.25) is 4.68 Å². The van der Waals surface area contributed by atoms with E-state index >= 15 is 0 Å². The number of methoxy groups -OCH3 is 2. The van der Waals surface area contributed by atoms with Gasteiger partial charge in [-0.25, -0.2) is 0 Å². The number of aliphatic hydroxyl groups is 1. The summed E-state index contributed by atoms with van der Waals surface area (Å²) in [4.78, 5) is 2.07. The van der Waals surface area contributed by atoms with E-state index in [0.717, 1.165) is 13.0 Å². The molecule has 1 aromatic rings. The Morgan fingerprint density at radius 3 is 2.58 bits per heavy atom. The average molecular weight is 271 g/mol. The minimum atomic E-state index is -0.741. The number of aliphatic hydroxyl groups excluding tert-OH is 1. The molecule has 0 radical (unpaired) electrons. The lowest BCUT2D eigenvalue weighted by Crippen LogP contribution is -2.26. The van der Waals surface area contributed by atoms with Gasteiger partial charge in [0.15, 0.2) is 5.75 Å². The molecule has 0 saturated heterocycles. The van der Waals surface area contributed by atoms with Crippen molar-refractivity contribution in [2.75, 3.05) is 34.9 Å². The van der Waals surface area contributed by atoms with Gasteiger partial charge in [0.2, 0.25) is 0 Å². The third kappa shape index (κ3) is 3.92. The topological polar surface area (TPSA) is 59.8 Å². The maximum atomic E-state index is 10.4. The van der Waals surface area contributed by atoms with Crippen LogP contribution in [0.15, 0.2) is 6.20 Å². The van der Waals surface area contributed by atoms with Gasteiger partial charge in [0, 0.05) is 13.7 Å². The van der Waals surface area contributed by atoms with Crippen LogP contribution in [0.1, 0.15) is 25.1 Å². The number of aromatic nitrogens is 2. The van der Waals surface area contributed by atoms with Crippen molar-refractivity contribution in [2.45, 2.75) is 32.1 Å². The second-order valence-electron chi connectivity index (χ2n) is 4.75. The predicted octanol–water partition coefficient (Wildman–Crippen LogP) is 0.912. The van der Waals surface area contributed by atoms with Crippen molar-refractivity contribution in [2.24, 2.45) is 0 Å². The highest BCUT2D eigenvalue weighted by Crippen LogP contribution is 2.29. The molecule has 0 aliphatic carbocycles. The molecule has 0 bridgehead atoms. The van der Waals surface area contributed by atoms with E-state index in [2.05, 4.69) is 10.00 Å². The zero-order chi connectivity index (χ0) is 14.4. The SMILES string of the molecule is CCC(OC)C(O)c1c(OC)cnn1CCN(C)C. The lowest BCUT2D eigenvalue weighted by atomic mass is 10.1. The van der Waals surface area contributed by atoms with Crippen LogP contribution in [0.3, 0.4) is 0 Å². The van der Waals surface area contributed by atoms with Gasteiger partial charge in [0.1, 0.15) is 11.8 Å². The first-order valence-corrected chi connectivity index (χ1v) is 6.50. The zero-order valence-corrected chi connectivity index (χ0v) is 12.5. The number of ether oxygens (including phenoxy) is 2. The van der Waals surface area contributed by atoms with Gasteiger partial charge >= 0.3 is 0 Å². The molecular weight excluding hydrogens is 246 g/mol. The van der Waals surface area contributed by atoms with Crippen LogP contribution in [0.4, 0.5) is 0 Å². The summed E-state index contributed by atoms with van der Waals surface area (Å²) in [6, 6.07) is 0. The number of likely N-dealkylation sites (N-methyl/N-ethyl adjacent to an activating group) is 1. The molecule has 0 saturated carbocycles. The Kier molecular flexibility index (Phi) is 6.27. The van der Waals surface area contributed by atoms with Gasteiger partial charge in [0.05, 0.1) is 26.0 Å². The average Bonchev–Trinajstić information content (AvgIpc) is 2.80. The fourth-order valence-corrected chi connectivity index (χ4v) is 2.00. The Morgan fingerprint density at radius 2 is 2.11 bits per heavy atom. The molecule has 6 nitrogen and oxygen atoms in total. The van der Waals surface area contributed by atoms with Crippen LogP contribution < -0.4 is 4.74 Å². The summed E-state index contributed by atoms with van der Waals surface area (Å²) in [6.07, 6.45) is 1.36. The molecule has 0 aliphatic heterocycles. The maximum absolute atomic E-state index is 10.4. The van der Waals surface area contributed by atoms with E-state index in [9.17, 15) is 5.11 Å². The molecule has 19 heavy (non-hydrogen) atoms. The van der Waals surface area contributed by atoms with Crippen LogP contribution in [0.5, 0.6) is 5.75 Å². The van der Waals surface area contributed by atoms with E-state index in [-0.39, 0.29) is 6.10 Å². The van der Waals surface area contributed by atoms with E-state index in [1.807, 2.05) is 21.0 Å². The van der Waals surface area contributed by atoms with Crippen molar-refractivity contribution in [1.82, 2.24) is 14.7 Å². The number of hydrogen-bond acceptors (Lipinski definition) is 5. The van der Waals surface area contributed by atoms with Gasteiger partial charge in [-0.15, -0.1) is 0 Å². The van der Waals surface area contributed by atoms with Gasteiger partial charge in [-0.2, -0.15) is 5.10 Å². The Balaban J connectivity index is 2.97. The van der Waals surface area contributed by atoms with Crippen LogP contribution in [0.25, 0.3) is 0 Å². The van der Waals surface area contributed by atoms with Crippen LogP contribution in [-0.2, 0) is 11.3 Å². The molecular formula is C13H25N3O3. The molecule has 0 aliphatic rings. The lowest BCUT2D eigenvalue weighted by molar-refractivity contribution is -0.0201. The summed E-state index contributed by atoms with van der Waals surface area (Å²) in [6.45, 7) is 3.52. The molecule has 0 aromatic carbocycles. The smallest absolute Gasteiger partial charge is 0.162 e. The first-order chi connectivity index (χ1) is 9.04. The summed E-state index contributed by atoms with van der Waals surface area (Å²) in [5.74, 6) is 0.599. The Labute approximate surface area is 114 Å². The van der Waals surface area contributed by atoms with Gasteiger partial charge in [-0.05, 0) is 20.5 Å². The lowest BCUT2D eigenvalue weighted by Gasteiger charge is -2.22. The third-order valence-electron chi connectivity index (χ3n) is 3.16.